The van der Waals surface area contributed by atoms with Crippen LogP contribution in [0.3, 0.4) is 0 Å². The first-order valence-electron chi connectivity index (χ1n) is 9.33. The third kappa shape index (κ3) is 3.66. The molecule has 0 unspecified atom stereocenters. The molecule has 2 amide bonds. The van der Waals surface area contributed by atoms with Crippen LogP contribution in [0.1, 0.15) is 24.4 Å². The highest BCUT2D eigenvalue weighted by Gasteiger charge is 2.31. The first-order valence-corrected chi connectivity index (χ1v) is 9.33. The number of aromatic nitrogens is 2. The van der Waals surface area contributed by atoms with Crippen molar-refractivity contribution in [3.05, 3.63) is 60.4 Å². The maximum absolute atomic E-state index is 12.9. The van der Waals surface area contributed by atoms with Crippen LogP contribution in [-0.2, 0) is 11.3 Å². The average Bonchev–Trinajstić information content (AvgIpc) is 3.35. The number of ether oxygens (including phenoxy) is 1. The van der Waals surface area contributed by atoms with Gasteiger partial charge in [0.1, 0.15) is 0 Å². The number of nitrogens with zero attached hydrogens (tertiary/aromatic N) is 3. The average molecular weight is 364 g/mol. The van der Waals surface area contributed by atoms with E-state index in [4.69, 9.17) is 4.74 Å². The molecule has 6 heteroatoms. The van der Waals surface area contributed by atoms with Gasteiger partial charge in [0.2, 0.25) is 0 Å². The monoisotopic (exact) mass is 364 g/mol. The minimum absolute atomic E-state index is 0.0725. The summed E-state index contributed by atoms with van der Waals surface area (Å²) in [6, 6.07) is 14.7. The van der Waals surface area contributed by atoms with Crippen molar-refractivity contribution >= 4 is 22.5 Å². The Balaban J connectivity index is 1.52. The molecule has 0 spiro atoms. The molecule has 1 N–H and O–H groups in total. The fourth-order valence-electron chi connectivity index (χ4n) is 3.80. The second kappa shape index (κ2) is 7.80. The Kier molecular flexibility index (Phi) is 5.07. The molecule has 1 aliphatic rings. The van der Waals surface area contributed by atoms with Crippen LogP contribution in [0.4, 0.5) is 10.5 Å². The molecule has 140 valence electrons. The largest absolute Gasteiger partial charge is 0.383 e. The number of likely N-dealkylation sites (tertiary alicyclic amines) is 1. The van der Waals surface area contributed by atoms with Crippen LogP contribution >= 0.6 is 0 Å². The summed E-state index contributed by atoms with van der Waals surface area (Å²) in [5.74, 6) is 0. The van der Waals surface area contributed by atoms with Crippen molar-refractivity contribution in [2.45, 2.75) is 25.4 Å². The molecule has 0 radical (unpaired) electrons. The molecule has 2 aromatic carbocycles. The van der Waals surface area contributed by atoms with E-state index >= 15 is 0 Å². The Hall–Kier alpha value is -2.86. The molecule has 1 fully saturated rings. The normalized spacial score (nSPS) is 16.8. The number of amides is 2. The summed E-state index contributed by atoms with van der Waals surface area (Å²) < 4.78 is 6.83. The van der Waals surface area contributed by atoms with Crippen LogP contribution in [0.25, 0.3) is 10.8 Å². The fourth-order valence-corrected chi connectivity index (χ4v) is 3.80. The highest BCUT2D eigenvalue weighted by molar-refractivity contribution is 5.91. The minimum Gasteiger partial charge on any atom is -0.383 e. The highest BCUT2D eigenvalue weighted by atomic mass is 16.5. The van der Waals surface area contributed by atoms with Gasteiger partial charge in [-0.15, -0.1) is 0 Å². The lowest BCUT2D eigenvalue weighted by Crippen LogP contribution is -2.34. The van der Waals surface area contributed by atoms with E-state index in [2.05, 4.69) is 46.8 Å². The summed E-state index contributed by atoms with van der Waals surface area (Å²) in [4.78, 5) is 14.8. The lowest BCUT2D eigenvalue weighted by molar-refractivity contribution is 0.183. The quantitative estimate of drug-likeness (QED) is 0.743. The second-order valence-electron chi connectivity index (χ2n) is 6.83. The smallest absolute Gasteiger partial charge is 0.322 e. The number of methoxy groups -OCH3 is 1. The number of anilines is 1. The van der Waals surface area contributed by atoms with E-state index < -0.39 is 0 Å². The van der Waals surface area contributed by atoms with Gasteiger partial charge < -0.3 is 15.0 Å². The Morgan fingerprint density at radius 2 is 2.11 bits per heavy atom. The SMILES string of the molecule is COCCn1cc(NC(=O)N2CCC[C@@H]2c2cccc3ccccc23)cn1. The van der Waals surface area contributed by atoms with Gasteiger partial charge in [0.15, 0.2) is 0 Å². The second-order valence-corrected chi connectivity index (χ2v) is 6.83. The Morgan fingerprint density at radius 3 is 3.00 bits per heavy atom. The van der Waals surface area contributed by atoms with Gasteiger partial charge in [0.05, 0.1) is 31.1 Å². The van der Waals surface area contributed by atoms with Gasteiger partial charge in [-0.1, -0.05) is 42.5 Å². The van der Waals surface area contributed by atoms with E-state index in [-0.39, 0.29) is 12.1 Å². The summed E-state index contributed by atoms with van der Waals surface area (Å²) in [5, 5.41) is 9.68. The van der Waals surface area contributed by atoms with Gasteiger partial charge in [-0.2, -0.15) is 5.10 Å². The molecule has 0 bridgehead atoms. The van der Waals surface area contributed by atoms with E-state index in [1.54, 1.807) is 18.0 Å². The van der Waals surface area contributed by atoms with E-state index in [9.17, 15) is 4.79 Å². The van der Waals surface area contributed by atoms with Crippen LogP contribution in [0.15, 0.2) is 54.9 Å². The molecule has 2 heterocycles. The molecule has 1 aliphatic heterocycles. The van der Waals surface area contributed by atoms with Gasteiger partial charge in [0, 0.05) is 19.9 Å². The molecular formula is C21H24N4O2. The van der Waals surface area contributed by atoms with Crippen molar-refractivity contribution in [3.8, 4) is 0 Å². The highest BCUT2D eigenvalue weighted by Crippen LogP contribution is 2.36. The molecule has 1 aromatic heterocycles. The molecule has 27 heavy (non-hydrogen) atoms. The summed E-state index contributed by atoms with van der Waals surface area (Å²) in [7, 11) is 1.66. The zero-order chi connectivity index (χ0) is 18.6. The maximum Gasteiger partial charge on any atom is 0.322 e. The first-order chi connectivity index (χ1) is 13.3. The van der Waals surface area contributed by atoms with E-state index in [0.717, 1.165) is 19.4 Å². The summed E-state index contributed by atoms with van der Waals surface area (Å²) in [5.41, 5.74) is 1.93. The van der Waals surface area contributed by atoms with Crippen LogP contribution in [0.2, 0.25) is 0 Å². The van der Waals surface area contributed by atoms with Crippen LogP contribution in [-0.4, -0.2) is 41.0 Å². The topological polar surface area (TPSA) is 59.4 Å². The van der Waals surface area contributed by atoms with Crippen molar-refractivity contribution in [3.63, 3.8) is 0 Å². The number of carbonyl (C=O) groups is 1. The third-order valence-corrected chi connectivity index (χ3v) is 5.11. The number of hydrogen-bond donors (Lipinski definition) is 1. The molecule has 0 aliphatic carbocycles. The zero-order valence-electron chi connectivity index (χ0n) is 15.5. The molecule has 1 atom stereocenters. The van der Waals surface area contributed by atoms with Crippen molar-refractivity contribution < 1.29 is 9.53 Å². The fraction of sp³-hybridized carbons (Fsp3) is 0.333. The van der Waals surface area contributed by atoms with E-state index in [0.29, 0.717) is 18.8 Å². The number of rotatable bonds is 5. The van der Waals surface area contributed by atoms with Gasteiger partial charge >= 0.3 is 6.03 Å². The van der Waals surface area contributed by atoms with E-state index in [1.807, 2.05) is 17.2 Å². The molecule has 1 saturated heterocycles. The minimum atomic E-state index is -0.0725. The first kappa shape index (κ1) is 17.5. The Bertz CT molecular complexity index is 931. The van der Waals surface area contributed by atoms with Gasteiger partial charge in [-0.25, -0.2) is 4.79 Å². The number of benzene rings is 2. The summed E-state index contributed by atoms with van der Waals surface area (Å²) >= 11 is 0. The van der Waals surface area contributed by atoms with Gasteiger partial charge in [0.25, 0.3) is 0 Å². The standard InChI is InChI=1S/C21H24N4O2/c1-27-13-12-24-15-17(14-22-24)23-21(26)25-11-5-10-20(25)19-9-4-7-16-6-2-3-8-18(16)19/h2-4,6-9,14-15,20H,5,10-13H2,1H3,(H,23,26)/t20-/m1/s1. The molecule has 3 aromatic rings. The maximum atomic E-state index is 12.9. The molecule has 6 nitrogen and oxygen atoms in total. The summed E-state index contributed by atoms with van der Waals surface area (Å²) in [6.07, 6.45) is 5.50. The van der Waals surface area contributed by atoms with Gasteiger partial charge in [-0.3, -0.25) is 4.68 Å². The van der Waals surface area contributed by atoms with Gasteiger partial charge in [-0.05, 0) is 29.2 Å². The predicted molar refractivity (Wildman–Crippen MR) is 106 cm³/mol. The Labute approximate surface area is 158 Å². The lowest BCUT2D eigenvalue weighted by atomic mass is 9.97. The van der Waals surface area contributed by atoms with Crippen LogP contribution < -0.4 is 5.32 Å². The van der Waals surface area contributed by atoms with Crippen molar-refractivity contribution in [1.82, 2.24) is 14.7 Å². The number of fused-ring (bicyclic) bond motifs is 1. The lowest BCUT2D eigenvalue weighted by Gasteiger charge is -2.26. The van der Waals surface area contributed by atoms with Crippen molar-refractivity contribution in [2.75, 3.05) is 25.6 Å². The van der Waals surface area contributed by atoms with Crippen molar-refractivity contribution in [2.24, 2.45) is 0 Å². The molecule has 4 rings (SSSR count). The number of carbonyl (C=O) groups excluding carboxylic acids is 1. The zero-order valence-corrected chi connectivity index (χ0v) is 15.5. The number of nitrogens with one attached hydrogen (secondary N) is 1. The predicted octanol–water partition coefficient (Wildman–Crippen LogP) is 4.05. The molecule has 0 saturated carbocycles. The van der Waals surface area contributed by atoms with Crippen molar-refractivity contribution in [1.29, 1.82) is 0 Å². The molecular weight excluding hydrogens is 340 g/mol. The Morgan fingerprint density at radius 1 is 1.26 bits per heavy atom. The number of urea groups is 1. The number of hydrogen-bond acceptors (Lipinski definition) is 3. The van der Waals surface area contributed by atoms with Crippen LogP contribution in [0, 0.1) is 0 Å². The summed E-state index contributed by atoms with van der Waals surface area (Å²) in [6.45, 7) is 2.01. The van der Waals surface area contributed by atoms with Crippen LogP contribution in [0.5, 0.6) is 0 Å². The third-order valence-electron chi connectivity index (χ3n) is 5.11. The van der Waals surface area contributed by atoms with E-state index in [1.165, 1.54) is 16.3 Å².